The van der Waals surface area contributed by atoms with Crippen LogP contribution in [-0.2, 0) is 5.41 Å². The van der Waals surface area contributed by atoms with Gasteiger partial charge < -0.3 is 9.47 Å². The van der Waals surface area contributed by atoms with Crippen LogP contribution in [0.25, 0.3) is 83.1 Å². The Morgan fingerprint density at radius 1 is 0.253 bits per heavy atom. The molecular weight excluding hydrogens is 905 g/mol. The molecule has 1 aliphatic carbocycles. The zero-order valence-electron chi connectivity index (χ0n) is 41.3. The van der Waals surface area contributed by atoms with Crippen LogP contribution in [0.2, 0.25) is 0 Å². The van der Waals surface area contributed by atoms with Crippen LogP contribution in [0, 0.1) is 0 Å². The third-order valence-electron chi connectivity index (χ3n) is 15.5. The molecule has 0 aliphatic heterocycles. The fourth-order valence-corrected chi connectivity index (χ4v) is 12.1. The molecule has 0 amide bonds. The van der Waals surface area contributed by atoms with E-state index in [4.69, 9.17) is 0 Å². The highest BCUT2D eigenvalue weighted by Crippen LogP contribution is 2.57. The molecule has 0 saturated carbocycles. The Morgan fingerprint density at radius 2 is 0.653 bits per heavy atom. The summed E-state index contributed by atoms with van der Waals surface area (Å²) in [6.07, 6.45) is 0. The normalized spacial score (nSPS) is 12.4. The molecular formula is C73H50N2. The molecule has 0 bridgehead atoms. The van der Waals surface area contributed by atoms with Crippen LogP contribution < -0.4 is 4.90 Å². The fourth-order valence-electron chi connectivity index (χ4n) is 12.1. The van der Waals surface area contributed by atoms with Gasteiger partial charge in [0.1, 0.15) is 0 Å². The van der Waals surface area contributed by atoms with Crippen molar-refractivity contribution in [3.05, 3.63) is 326 Å². The van der Waals surface area contributed by atoms with Gasteiger partial charge in [-0.3, -0.25) is 0 Å². The van der Waals surface area contributed by atoms with E-state index in [1.165, 1.54) is 83.0 Å². The van der Waals surface area contributed by atoms with Crippen molar-refractivity contribution in [2.24, 2.45) is 0 Å². The number of hydrogen-bond donors (Lipinski definition) is 0. The van der Waals surface area contributed by atoms with E-state index in [1.807, 2.05) is 0 Å². The predicted molar refractivity (Wildman–Crippen MR) is 315 cm³/mol. The maximum atomic E-state index is 2.48. The average Bonchev–Trinajstić information content (AvgIpc) is 4.06. The third kappa shape index (κ3) is 7.41. The van der Waals surface area contributed by atoms with Gasteiger partial charge in [-0.15, -0.1) is 0 Å². The monoisotopic (exact) mass is 954 g/mol. The molecule has 352 valence electrons. The Morgan fingerprint density at radius 3 is 1.23 bits per heavy atom. The molecule has 0 fully saturated rings. The van der Waals surface area contributed by atoms with Gasteiger partial charge in [-0.1, -0.05) is 249 Å². The first-order valence-corrected chi connectivity index (χ1v) is 25.9. The standard InChI is InChI=1S/C73H50N2/c1-6-20-51(21-7-1)56-40-45-66-67-46-41-57(52-22-8-2-9-23-52)49-72(67)75(71(66)48-56)70-33-19-17-30-63(70)55-36-34-53(35-37-55)54-38-42-61(43-39-54)74(60-28-14-5-15-29-60)62-44-47-65-64-31-16-18-32-68(64)73(69(65)50-62,58-24-10-3-11-25-58)59-26-12-4-13-27-59/h1-50H. The summed E-state index contributed by atoms with van der Waals surface area (Å²) in [6, 6.07) is 111. The van der Waals surface area contributed by atoms with Crippen molar-refractivity contribution < 1.29 is 0 Å². The molecule has 1 aliphatic rings. The van der Waals surface area contributed by atoms with Gasteiger partial charge in [0.05, 0.1) is 22.1 Å². The number of anilines is 3. The smallest absolute Gasteiger partial charge is 0.0714 e. The minimum absolute atomic E-state index is 0.495. The van der Waals surface area contributed by atoms with Crippen LogP contribution in [0.3, 0.4) is 0 Å². The Kier molecular flexibility index (Phi) is 10.8. The number of benzene rings is 12. The molecule has 1 heterocycles. The quantitative estimate of drug-likeness (QED) is 0.133. The molecule has 0 spiro atoms. The van der Waals surface area contributed by atoms with Gasteiger partial charge in [-0.05, 0) is 127 Å². The molecule has 2 heteroatoms. The second-order valence-electron chi connectivity index (χ2n) is 19.6. The van der Waals surface area contributed by atoms with E-state index in [9.17, 15) is 0 Å². The Balaban J connectivity index is 0.845. The van der Waals surface area contributed by atoms with Gasteiger partial charge in [0.2, 0.25) is 0 Å². The van der Waals surface area contributed by atoms with Crippen LogP contribution in [0.15, 0.2) is 303 Å². The zero-order valence-corrected chi connectivity index (χ0v) is 41.3. The minimum atomic E-state index is -0.495. The number of fused-ring (bicyclic) bond motifs is 6. The van der Waals surface area contributed by atoms with E-state index in [1.54, 1.807) is 0 Å². The van der Waals surface area contributed by atoms with E-state index >= 15 is 0 Å². The molecule has 0 radical (unpaired) electrons. The number of para-hydroxylation sites is 2. The van der Waals surface area contributed by atoms with E-state index < -0.39 is 5.41 Å². The van der Waals surface area contributed by atoms with Gasteiger partial charge in [0.15, 0.2) is 0 Å². The number of rotatable bonds is 10. The first kappa shape index (κ1) is 44.0. The van der Waals surface area contributed by atoms with Crippen LogP contribution in [0.5, 0.6) is 0 Å². The van der Waals surface area contributed by atoms with Crippen molar-refractivity contribution in [3.8, 4) is 61.3 Å². The summed E-state index contributed by atoms with van der Waals surface area (Å²) in [6.45, 7) is 0. The van der Waals surface area contributed by atoms with Gasteiger partial charge in [0, 0.05) is 33.4 Å². The summed E-state index contributed by atoms with van der Waals surface area (Å²) in [5.41, 5.74) is 23.4. The lowest BCUT2D eigenvalue weighted by Gasteiger charge is -2.35. The first-order valence-electron chi connectivity index (χ1n) is 25.9. The molecule has 12 aromatic carbocycles. The Labute approximate surface area is 438 Å². The lowest BCUT2D eigenvalue weighted by molar-refractivity contribution is 0.768. The lowest BCUT2D eigenvalue weighted by Crippen LogP contribution is -2.28. The summed E-state index contributed by atoms with van der Waals surface area (Å²) in [5.74, 6) is 0. The minimum Gasteiger partial charge on any atom is -0.310 e. The van der Waals surface area contributed by atoms with Crippen LogP contribution >= 0.6 is 0 Å². The maximum Gasteiger partial charge on any atom is 0.0714 e. The van der Waals surface area contributed by atoms with Crippen LogP contribution in [0.4, 0.5) is 17.1 Å². The summed E-state index contributed by atoms with van der Waals surface area (Å²) in [5, 5.41) is 2.47. The molecule has 0 saturated heterocycles. The molecule has 13 aromatic rings. The molecule has 1 aromatic heterocycles. The third-order valence-corrected chi connectivity index (χ3v) is 15.5. The van der Waals surface area contributed by atoms with E-state index in [0.717, 1.165) is 39.4 Å². The summed E-state index contributed by atoms with van der Waals surface area (Å²) in [7, 11) is 0. The van der Waals surface area contributed by atoms with E-state index in [-0.39, 0.29) is 0 Å². The van der Waals surface area contributed by atoms with Gasteiger partial charge in [-0.25, -0.2) is 0 Å². The van der Waals surface area contributed by atoms with Gasteiger partial charge in [-0.2, -0.15) is 0 Å². The molecule has 0 N–H and O–H groups in total. The molecule has 75 heavy (non-hydrogen) atoms. The SMILES string of the molecule is c1ccc(-c2ccc3c4ccc(-c5ccccc5)cc4n(-c4ccccc4-c4ccc(-c5ccc(N(c6ccccc6)c6ccc7c(c6)C(c6ccccc6)(c6ccccc6)c6ccccc6-7)cc5)cc4)c3c2)cc1. The topological polar surface area (TPSA) is 8.17 Å². The van der Waals surface area contributed by atoms with Crippen molar-refractivity contribution in [2.45, 2.75) is 5.41 Å². The largest absolute Gasteiger partial charge is 0.310 e. The maximum absolute atomic E-state index is 2.48. The highest BCUT2D eigenvalue weighted by Gasteiger charge is 2.46. The van der Waals surface area contributed by atoms with Crippen molar-refractivity contribution >= 4 is 38.9 Å². The Bertz CT molecular complexity index is 4050. The van der Waals surface area contributed by atoms with Crippen LogP contribution in [-0.4, -0.2) is 4.57 Å². The number of hydrogen-bond acceptors (Lipinski definition) is 1. The highest BCUT2D eigenvalue weighted by molar-refractivity contribution is 6.11. The first-order chi connectivity index (χ1) is 37.2. The van der Waals surface area contributed by atoms with E-state index in [2.05, 4.69) is 313 Å². The Hall–Kier alpha value is -9.76. The van der Waals surface area contributed by atoms with Crippen molar-refractivity contribution in [2.75, 3.05) is 4.90 Å². The second-order valence-corrected chi connectivity index (χ2v) is 19.6. The summed E-state index contributed by atoms with van der Waals surface area (Å²) in [4.78, 5) is 2.40. The second kappa shape index (κ2) is 18.4. The average molecular weight is 955 g/mol. The highest BCUT2D eigenvalue weighted by atomic mass is 15.1. The van der Waals surface area contributed by atoms with Crippen molar-refractivity contribution in [3.63, 3.8) is 0 Å². The fraction of sp³-hybridized carbons (Fsp3) is 0.0137. The van der Waals surface area contributed by atoms with Crippen molar-refractivity contribution in [1.29, 1.82) is 0 Å². The summed E-state index contributed by atoms with van der Waals surface area (Å²) >= 11 is 0. The molecule has 2 nitrogen and oxygen atoms in total. The molecule has 14 rings (SSSR count). The molecule has 0 unspecified atom stereocenters. The van der Waals surface area contributed by atoms with Crippen LogP contribution in [0.1, 0.15) is 22.3 Å². The van der Waals surface area contributed by atoms with Crippen molar-refractivity contribution in [1.82, 2.24) is 4.57 Å². The lowest BCUT2D eigenvalue weighted by atomic mass is 9.67. The van der Waals surface area contributed by atoms with Gasteiger partial charge in [0.25, 0.3) is 0 Å². The predicted octanol–water partition coefficient (Wildman–Crippen LogP) is 19.3. The summed E-state index contributed by atoms with van der Waals surface area (Å²) < 4.78 is 2.48. The van der Waals surface area contributed by atoms with Gasteiger partial charge >= 0.3 is 0 Å². The molecule has 0 atom stereocenters. The zero-order chi connectivity index (χ0) is 49.7. The van der Waals surface area contributed by atoms with E-state index in [0.29, 0.717) is 0 Å². The number of nitrogens with zero attached hydrogens (tertiary/aromatic N) is 2. The number of aromatic nitrogens is 1.